The molecule has 0 aliphatic carbocycles. The molecule has 0 radical (unpaired) electrons. The maximum absolute atomic E-state index is 12.4. The molecule has 0 unspecified atom stereocenters. The van der Waals surface area contributed by atoms with E-state index in [1.165, 1.54) is 0 Å². The van der Waals surface area contributed by atoms with E-state index < -0.39 is 11.8 Å². The number of hydrogen-bond acceptors (Lipinski definition) is 4. The third-order valence-corrected chi connectivity index (χ3v) is 4.21. The summed E-state index contributed by atoms with van der Waals surface area (Å²) in [4.78, 5) is 26.2. The van der Waals surface area contributed by atoms with Gasteiger partial charge in [0.05, 0.1) is 6.20 Å². The van der Waals surface area contributed by atoms with Crippen LogP contribution < -0.4 is 10.6 Å². The van der Waals surface area contributed by atoms with Crippen LogP contribution in [0.4, 0.5) is 11.5 Å². The Labute approximate surface area is 147 Å². The Kier molecular flexibility index (Phi) is 5.33. The van der Waals surface area contributed by atoms with Crippen molar-refractivity contribution in [1.29, 1.82) is 0 Å². The standard InChI is InChI=1S/C18H23N5O2/c1-2-11-23-16(8-10-19-23)21-17(24)18(25)22-12-9-15(13-22)20-14-6-4-3-5-7-14/h3-8,10,15,20H,2,9,11-13H2,1H3,(H,21,24)/t15-/m0/s1. The van der Waals surface area contributed by atoms with Crippen LogP contribution >= 0.6 is 0 Å². The number of aryl methyl sites for hydroxylation is 1. The van der Waals surface area contributed by atoms with Gasteiger partial charge in [-0.25, -0.2) is 4.68 Å². The summed E-state index contributed by atoms with van der Waals surface area (Å²) in [6.45, 7) is 3.83. The maximum Gasteiger partial charge on any atom is 0.315 e. The molecule has 1 saturated heterocycles. The topological polar surface area (TPSA) is 79.3 Å². The lowest BCUT2D eigenvalue weighted by molar-refractivity contribution is -0.142. The van der Waals surface area contributed by atoms with E-state index in [0.717, 1.165) is 18.5 Å². The fraction of sp³-hybridized carbons (Fsp3) is 0.389. The van der Waals surface area contributed by atoms with E-state index in [4.69, 9.17) is 0 Å². The molecule has 1 fully saturated rings. The Morgan fingerprint density at radius 3 is 2.80 bits per heavy atom. The second-order valence-electron chi connectivity index (χ2n) is 6.14. The molecule has 1 aromatic heterocycles. The van der Waals surface area contributed by atoms with E-state index >= 15 is 0 Å². The first-order valence-corrected chi connectivity index (χ1v) is 8.61. The second-order valence-corrected chi connectivity index (χ2v) is 6.14. The zero-order valence-corrected chi connectivity index (χ0v) is 14.3. The van der Waals surface area contributed by atoms with Crippen LogP contribution in [0.2, 0.25) is 0 Å². The minimum Gasteiger partial charge on any atom is -0.380 e. The Balaban J connectivity index is 1.54. The van der Waals surface area contributed by atoms with Crippen molar-refractivity contribution < 1.29 is 9.59 Å². The number of para-hydroxylation sites is 1. The Hall–Kier alpha value is -2.83. The average molecular weight is 341 g/mol. The van der Waals surface area contributed by atoms with Crippen molar-refractivity contribution in [3.05, 3.63) is 42.6 Å². The highest BCUT2D eigenvalue weighted by Gasteiger charge is 2.30. The molecule has 2 heterocycles. The van der Waals surface area contributed by atoms with Crippen LogP contribution in [-0.2, 0) is 16.1 Å². The number of anilines is 2. The normalized spacial score (nSPS) is 16.7. The summed E-state index contributed by atoms with van der Waals surface area (Å²) in [7, 11) is 0. The number of nitrogens with one attached hydrogen (secondary N) is 2. The molecule has 1 aromatic carbocycles. The SMILES string of the molecule is CCCn1nccc1NC(=O)C(=O)N1CC[C@H](Nc2ccccc2)C1. The lowest BCUT2D eigenvalue weighted by Gasteiger charge is -2.17. The lowest BCUT2D eigenvalue weighted by atomic mass is 10.2. The molecule has 1 atom stereocenters. The number of likely N-dealkylation sites (tertiary alicyclic amines) is 1. The summed E-state index contributed by atoms with van der Waals surface area (Å²) in [6, 6.07) is 11.7. The highest BCUT2D eigenvalue weighted by atomic mass is 16.2. The summed E-state index contributed by atoms with van der Waals surface area (Å²) >= 11 is 0. The number of benzene rings is 1. The summed E-state index contributed by atoms with van der Waals surface area (Å²) in [5, 5.41) is 10.2. The van der Waals surface area contributed by atoms with Gasteiger partial charge in [0.25, 0.3) is 0 Å². The molecule has 132 valence electrons. The van der Waals surface area contributed by atoms with Crippen molar-refractivity contribution in [2.24, 2.45) is 0 Å². The largest absolute Gasteiger partial charge is 0.380 e. The minimum atomic E-state index is -0.613. The number of rotatable bonds is 5. The zero-order valence-electron chi connectivity index (χ0n) is 14.3. The smallest absolute Gasteiger partial charge is 0.315 e. The van der Waals surface area contributed by atoms with Crippen LogP contribution in [0.5, 0.6) is 0 Å². The molecular weight excluding hydrogens is 318 g/mol. The van der Waals surface area contributed by atoms with Gasteiger partial charge < -0.3 is 15.5 Å². The van der Waals surface area contributed by atoms with Crippen LogP contribution in [0, 0.1) is 0 Å². The lowest BCUT2D eigenvalue weighted by Crippen LogP contribution is -2.39. The molecule has 0 saturated carbocycles. The van der Waals surface area contributed by atoms with Crippen molar-refractivity contribution in [3.8, 4) is 0 Å². The zero-order chi connectivity index (χ0) is 17.6. The summed E-state index contributed by atoms with van der Waals surface area (Å²) in [5.41, 5.74) is 1.02. The van der Waals surface area contributed by atoms with Gasteiger partial charge in [-0.1, -0.05) is 25.1 Å². The van der Waals surface area contributed by atoms with Gasteiger partial charge in [0.15, 0.2) is 0 Å². The molecule has 2 amide bonds. The van der Waals surface area contributed by atoms with E-state index in [9.17, 15) is 9.59 Å². The monoisotopic (exact) mass is 341 g/mol. The minimum absolute atomic E-state index is 0.157. The molecule has 7 heteroatoms. The van der Waals surface area contributed by atoms with Crippen LogP contribution in [0.3, 0.4) is 0 Å². The number of amides is 2. The molecule has 2 N–H and O–H groups in total. The number of nitrogens with zero attached hydrogens (tertiary/aromatic N) is 3. The van der Waals surface area contributed by atoms with Gasteiger partial charge in [-0.05, 0) is 25.0 Å². The van der Waals surface area contributed by atoms with Crippen molar-refractivity contribution in [2.75, 3.05) is 23.7 Å². The van der Waals surface area contributed by atoms with Crippen molar-refractivity contribution in [2.45, 2.75) is 32.4 Å². The molecule has 0 spiro atoms. The first-order valence-electron chi connectivity index (χ1n) is 8.61. The van der Waals surface area contributed by atoms with E-state index in [-0.39, 0.29) is 6.04 Å². The Bertz CT molecular complexity index is 728. The molecular formula is C18H23N5O2. The average Bonchev–Trinajstić information content (AvgIpc) is 3.25. The highest BCUT2D eigenvalue weighted by molar-refractivity contribution is 6.39. The van der Waals surface area contributed by atoms with Gasteiger partial charge in [0.1, 0.15) is 5.82 Å². The number of hydrogen-bond donors (Lipinski definition) is 2. The predicted molar refractivity (Wildman–Crippen MR) is 96.2 cm³/mol. The van der Waals surface area contributed by atoms with Crippen molar-refractivity contribution in [3.63, 3.8) is 0 Å². The van der Waals surface area contributed by atoms with Crippen LogP contribution in [0.25, 0.3) is 0 Å². The second kappa shape index (κ2) is 7.83. The van der Waals surface area contributed by atoms with E-state index in [1.54, 1.807) is 21.8 Å². The molecule has 1 aliphatic rings. The molecule has 0 bridgehead atoms. The number of aromatic nitrogens is 2. The van der Waals surface area contributed by atoms with E-state index in [1.807, 2.05) is 37.3 Å². The molecule has 2 aromatic rings. The van der Waals surface area contributed by atoms with Crippen molar-refractivity contribution in [1.82, 2.24) is 14.7 Å². The van der Waals surface area contributed by atoms with Crippen LogP contribution in [0.15, 0.2) is 42.6 Å². The van der Waals surface area contributed by atoms with Gasteiger partial charge in [-0.3, -0.25) is 9.59 Å². The van der Waals surface area contributed by atoms with Gasteiger partial charge in [0, 0.05) is 37.4 Å². The molecule has 7 nitrogen and oxygen atoms in total. The predicted octanol–water partition coefficient (Wildman–Crippen LogP) is 1.94. The van der Waals surface area contributed by atoms with Gasteiger partial charge in [0.2, 0.25) is 0 Å². The molecule has 3 rings (SSSR count). The summed E-state index contributed by atoms with van der Waals surface area (Å²) < 4.78 is 1.69. The molecule has 25 heavy (non-hydrogen) atoms. The maximum atomic E-state index is 12.4. The highest BCUT2D eigenvalue weighted by Crippen LogP contribution is 2.16. The van der Waals surface area contributed by atoms with Crippen molar-refractivity contribution >= 4 is 23.3 Å². The summed E-state index contributed by atoms with van der Waals surface area (Å²) in [6.07, 6.45) is 3.34. The summed E-state index contributed by atoms with van der Waals surface area (Å²) in [5.74, 6) is -0.557. The van der Waals surface area contributed by atoms with E-state index in [2.05, 4.69) is 15.7 Å². The van der Waals surface area contributed by atoms with Crippen LogP contribution in [-0.4, -0.2) is 45.6 Å². The molecule has 1 aliphatic heterocycles. The van der Waals surface area contributed by atoms with Gasteiger partial charge >= 0.3 is 11.8 Å². The number of carbonyl (C=O) groups is 2. The Morgan fingerprint density at radius 1 is 1.24 bits per heavy atom. The third kappa shape index (κ3) is 4.17. The van der Waals surface area contributed by atoms with E-state index in [0.29, 0.717) is 25.5 Å². The quantitative estimate of drug-likeness (QED) is 0.815. The number of carbonyl (C=O) groups excluding carboxylic acids is 2. The van der Waals surface area contributed by atoms with Crippen LogP contribution in [0.1, 0.15) is 19.8 Å². The first kappa shape index (κ1) is 17.0. The first-order chi connectivity index (χ1) is 12.2. The van der Waals surface area contributed by atoms with Gasteiger partial charge in [-0.15, -0.1) is 0 Å². The Morgan fingerprint density at radius 2 is 2.04 bits per heavy atom. The third-order valence-electron chi connectivity index (χ3n) is 4.21. The fourth-order valence-electron chi connectivity index (χ4n) is 2.97. The van der Waals surface area contributed by atoms with Gasteiger partial charge in [-0.2, -0.15) is 5.10 Å². The fourth-order valence-corrected chi connectivity index (χ4v) is 2.97.